The van der Waals surface area contributed by atoms with Gasteiger partial charge in [0.1, 0.15) is 6.04 Å². The topological polar surface area (TPSA) is 17.8 Å². The average molecular weight is 211 g/mol. The maximum absolute atomic E-state index is 12.5. The Kier molecular flexibility index (Phi) is 1.68. The molecule has 0 aliphatic heterocycles. The van der Waals surface area contributed by atoms with Crippen LogP contribution in [0.2, 0.25) is 0 Å². The summed E-state index contributed by atoms with van der Waals surface area (Å²) in [6.07, 6.45) is 0.509. The van der Waals surface area contributed by atoms with Gasteiger partial charge in [0.15, 0.2) is 0 Å². The van der Waals surface area contributed by atoms with Crippen LogP contribution in [0.5, 0.6) is 0 Å². The molecule has 1 aromatic heterocycles. The van der Waals surface area contributed by atoms with E-state index in [9.17, 15) is 21.7 Å². The molecule has 0 spiro atoms. The molecule has 0 amide bonds. The fraction of sp³-hybridized carbons (Fsp3) is 0.500. The van der Waals surface area contributed by atoms with Crippen molar-refractivity contribution < 1.29 is 21.7 Å². The van der Waals surface area contributed by atoms with Crippen LogP contribution in [0.1, 0.15) is 12.5 Å². The Morgan fingerprint density at radius 2 is 2.00 bits per heavy atom. The van der Waals surface area contributed by atoms with Crippen LogP contribution in [0, 0.1) is 0 Å². The fourth-order valence-corrected chi connectivity index (χ4v) is 1.19. The zero-order valence-electron chi connectivity index (χ0n) is 6.80. The first-order valence-corrected chi connectivity index (χ1v) is 3.93. The lowest BCUT2D eigenvalue weighted by Crippen LogP contribution is -2.35. The Morgan fingerprint density at radius 3 is 2.36 bits per heavy atom. The lowest BCUT2D eigenvalue weighted by Gasteiger charge is -2.09. The summed E-state index contributed by atoms with van der Waals surface area (Å²) in [5, 5.41) is 3.08. The molecule has 78 valence electrons. The fourth-order valence-electron chi connectivity index (χ4n) is 1.19. The quantitative estimate of drug-likeness (QED) is 0.535. The van der Waals surface area contributed by atoms with Crippen LogP contribution in [0.25, 0.3) is 0 Å². The highest BCUT2D eigenvalue weighted by Gasteiger charge is 2.59. The summed E-state index contributed by atoms with van der Waals surface area (Å²) in [4.78, 5) is 0. The zero-order valence-corrected chi connectivity index (χ0v) is 6.80. The number of aromatic nitrogens is 2. The number of halogens is 5. The van der Waals surface area contributed by atoms with Gasteiger partial charge in [0, 0.05) is 18.2 Å². The molecule has 0 N–H and O–H groups in total. The maximum atomic E-state index is 12.5. The molecule has 1 saturated carbocycles. The molecule has 1 heterocycles. The number of alkyl halides is 2. The predicted molar refractivity (Wildman–Crippen MR) is 39.5 cm³/mol. The van der Waals surface area contributed by atoms with E-state index in [1.807, 2.05) is 0 Å². The van der Waals surface area contributed by atoms with Gasteiger partial charge in [0.05, 0.1) is 0 Å². The number of rotatable bonds is 2. The molecule has 2 rings (SSSR count). The standard InChI is InChI=1S/C6H5BF5N2/c8-6(9)3-4(6)14-2-1-5(13-14)7(10,11)12/h1-2,4H,3H2/q-1. The number of hydrogen-bond acceptors (Lipinski definition) is 1. The van der Waals surface area contributed by atoms with Gasteiger partial charge < -0.3 is 12.9 Å². The summed E-state index contributed by atoms with van der Waals surface area (Å²) >= 11 is 0. The van der Waals surface area contributed by atoms with Crippen molar-refractivity contribution in [1.29, 1.82) is 0 Å². The normalized spacial score (nSPS) is 25.1. The maximum Gasteiger partial charge on any atom is 0.529 e. The highest BCUT2D eigenvalue weighted by molar-refractivity contribution is 6.72. The van der Waals surface area contributed by atoms with E-state index in [1.54, 1.807) is 0 Å². The molecular formula is C6H5BF5N2-. The molecule has 0 saturated heterocycles. The van der Waals surface area contributed by atoms with E-state index in [1.165, 1.54) is 0 Å². The molecule has 1 atom stereocenters. The van der Waals surface area contributed by atoms with Gasteiger partial charge in [0.2, 0.25) is 0 Å². The van der Waals surface area contributed by atoms with Gasteiger partial charge in [-0.05, 0) is 0 Å². The second-order valence-corrected chi connectivity index (χ2v) is 3.28. The van der Waals surface area contributed by atoms with Crippen molar-refractivity contribution in [1.82, 2.24) is 9.78 Å². The van der Waals surface area contributed by atoms with Gasteiger partial charge in [-0.2, -0.15) is 0 Å². The zero-order chi connectivity index (χ0) is 10.6. The highest BCUT2D eigenvalue weighted by Crippen LogP contribution is 2.51. The molecule has 1 aliphatic rings. The van der Waals surface area contributed by atoms with Crippen molar-refractivity contribution in [2.75, 3.05) is 0 Å². The first kappa shape index (κ1) is 9.48. The lowest BCUT2D eigenvalue weighted by atomic mass is 9.87. The van der Waals surface area contributed by atoms with Crippen molar-refractivity contribution >= 4 is 12.6 Å². The van der Waals surface area contributed by atoms with Crippen LogP contribution in [0.3, 0.4) is 0 Å². The lowest BCUT2D eigenvalue weighted by molar-refractivity contribution is 0.0984. The van der Waals surface area contributed by atoms with Crippen LogP contribution in [0.15, 0.2) is 12.3 Å². The van der Waals surface area contributed by atoms with Crippen LogP contribution < -0.4 is 5.59 Å². The molecule has 1 unspecified atom stereocenters. The van der Waals surface area contributed by atoms with Gasteiger partial charge >= 0.3 is 6.98 Å². The van der Waals surface area contributed by atoms with E-state index in [0.29, 0.717) is 10.7 Å². The smallest absolute Gasteiger partial charge is 0.444 e. The molecule has 8 heteroatoms. The molecule has 1 aromatic rings. The van der Waals surface area contributed by atoms with Crippen LogP contribution >= 0.6 is 0 Å². The van der Waals surface area contributed by atoms with Gasteiger partial charge in [-0.1, -0.05) is 6.07 Å². The second kappa shape index (κ2) is 2.49. The van der Waals surface area contributed by atoms with Crippen LogP contribution in [0.4, 0.5) is 21.7 Å². The molecule has 1 fully saturated rings. The molecule has 1 aliphatic carbocycles. The van der Waals surface area contributed by atoms with Gasteiger partial charge in [-0.25, -0.2) is 13.9 Å². The summed E-state index contributed by atoms with van der Waals surface area (Å²) < 4.78 is 61.8. The summed E-state index contributed by atoms with van der Waals surface area (Å²) in [6, 6.07) is -0.483. The summed E-state index contributed by atoms with van der Waals surface area (Å²) in [5.74, 6) is -2.90. The SMILES string of the molecule is F[B-](F)(F)c1ccn(C2CC2(F)F)n1. The van der Waals surface area contributed by atoms with E-state index in [2.05, 4.69) is 5.10 Å². The molecule has 0 radical (unpaired) electrons. The Hall–Kier alpha value is -1.08. The summed E-state index contributed by atoms with van der Waals surface area (Å²) in [7, 11) is 0. The Labute approximate surface area is 75.8 Å². The Bertz CT molecular complexity index is 357. The summed E-state index contributed by atoms with van der Waals surface area (Å²) in [6.45, 7) is -5.19. The predicted octanol–water partition coefficient (Wildman–Crippen LogP) is 1.52. The number of nitrogens with zero attached hydrogens (tertiary/aromatic N) is 2. The van der Waals surface area contributed by atoms with E-state index < -0.39 is 31.0 Å². The van der Waals surface area contributed by atoms with Crippen molar-refractivity contribution in [3.63, 3.8) is 0 Å². The van der Waals surface area contributed by atoms with E-state index in [0.717, 1.165) is 6.20 Å². The van der Waals surface area contributed by atoms with Gasteiger partial charge in [0.25, 0.3) is 5.92 Å². The van der Waals surface area contributed by atoms with Gasteiger partial charge in [-0.15, -0.1) is 0 Å². The van der Waals surface area contributed by atoms with Crippen molar-refractivity contribution in [2.45, 2.75) is 18.4 Å². The molecule has 14 heavy (non-hydrogen) atoms. The minimum absolute atomic E-state index is 0.432. The van der Waals surface area contributed by atoms with Crippen LogP contribution in [-0.2, 0) is 0 Å². The monoisotopic (exact) mass is 211 g/mol. The Morgan fingerprint density at radius 1 is 1.43 bits per heavy atom. The third-order valence-electron chi connectivity index (χ3n) is 2.08. The minimum atomic E-state index is -5.19. The van der Waals surface area contributed by atoms with Crippen molar-refractivity contribution in [3.8, 4) is 0 Å². The van der Waals surface area contributed by atoms with E-state index in [4.69, 9.17) is 0 Å². The van der Waals surface area contributed by atoms with Crippen molar-refractivity contribution in [2.24, 2.45) is 0 Å². The molecule has 0 aromatic carbocycles. The highest BCUT2D eigenvalue weighted by atomic mass is 19.4. The van der Waals surface area contributed by atoms with Crippen LogP contribution in [-0.4, -0.2) is 22.7 Å². The third kappa shape index (κ3) is 1.48. The first-order chi connectivity index (χ1) is 6.31. The Balaban J connectivity index is 2.20. The first-order valence-electron chi connectivity index (χ1n) is 3.93. The number of hydrogen-bond donors (Lipinski definition) is 0. The third-order valence-corrected chi connectivity index (χ3v) is 2.08. The molecule has 2 nitrogen and oxygen atoms in total. The van der Waals surface area contributed by atoms with E-state index in [-0.39, 0.29) is 0 Å². The molecular weight excluding hydrogens is 206 g/mol. The molecule has 0 bridgehead atoms. The summed E-state index contributed by atoms with van der Waals surface area (Å²) in [5.41, 5.74) is -1.08. The van der Waals surface area contributed by atoms with Crippen molar-refractivity contribution in [3.05, 3.63) is 12.3 Å². The largest absolute Gasteiger partial charge is 0.529 e. The second-order valence-electron chi connectivity index (χ2n) is 3.28. The van der Waals surface area contributed by atoms with Gasteiger partial charge in [-0.3, -0.25) is 4.68 Å². The minimum Gasteiger partial charge on any atom is -0.444 e. The average Bonchev–Trinajstić information content (AvgIpc) is 2.48. The van der Waals surface area contributed by atoms with E-state index >= 15 is 0 Å².